The molecule has 0 bridgehead atoms. The van der Waals surface area contributed by atoms with Crippen molar-refractivity contribution in [1.29, 1.82) is 5.26 Å². The van der Waals surface area contributed by atoms with Crippen LogP contribution < -0.4 is 14.2 Å². The lowest BCUT2D eigenvalue weighted by Crippen LogP contribution is -1.98. The molecule has 7 nitrogen and oxygen atoms in total. The zero-order chi connectivity index (χ0) is 22.7. The monoisotopic (exact) mass is 556 g/mol. The number of nitro groups is 1. The summed E-state index contributed by atoms with van der Waals surface area (Å²) in [6.45, 7) is 0.413. The zero-order valence-corrected chi connectivity index (χ0v) is 19.6. The molecule has 9 heteroatoms. The van der Waals surface area contributed by atoms with Gasteiger partial charge in [0.25, 0.3) is 5.69 Å². The van der Waals surface area contributed by atoms with Crippen LogP contribution in [0.2, 0.25) is 0 Å². The van der Waals surface area contributed by atoms with Gasteiger partial charge in [-0.1, -0.05) is 0 Å². The molecule has 0 saturated heterocycles. The van der Waals surface area contributed by atoms with Gasteiger partial charge in [-0.2, -0.15) is 5.26 Å². The lowest BCUT2D eigenvalue weighted by Gasteiger charge is -2.12. The molecular weight excluding hydrogens is 544 g/mol. The number of nitrogens with zero attached hydrogens (tertiary/aromatic N) is 2. The predicted octanol–water partition coefficient (Wildman–Crippen LogP) is 6.49. The minimum absolute atomic E-state index is 0.0306. The van der Waals surface area contributed by atoms with E-state index in [2.05, 4.69) is 37.9 Å². The standard InChI is InChI=1S/C23H14Br2N2O5/c24-19-8-15(7-17(11-26)16-3-6-21-22(10-16)32-13-31-21)9-20(25)23(19)30-12-14-1-4-18(5-2-14)27(28)29/h1-10H,12-13H2/b17-7-. The summed E-state index contributed by atoms with van der Waals surface area (Å²) in [7, 11) is 0. The van der Waals surface area contributed by atoms with Crippen molar-refractivity contribution in [1.82, 2.24) is 0 Å². The van der Waals surface area contributed by atoms with Crippen LogP contribution in [0.3, 0.4) is 0 Å². The van der Waals surface area contributed by atoms with E-state index in [1.807, 2.05) is 18.2 Å². The molecular formula is C23H14Br2N2O5. The summed E-state index contributed by atoms with van der Waals surface area (Å²) in [5.74, 6) is 1.86. The van der Waals surface area contributed by atoms with Gasteiger partial charge < -0.3 is 14.2 Å². The first kappa shape index (κ1) is 21.9. The molecule has 1 heterocycles. The molecule has 4 rings (SSSR count). The highest BCUT2D eigenvalue weighted by atomic mass is 79.9. The topological polar surface area (TPSA) is 94.6 Å². The van der Waals surface area contributed by atoms with Crippen molar-refractivity contribution in [3.63, 3.8) is 0 Å². The largest absolute Gasteiger partial charge is 0.487 e. The summed E-state index contributed by atoms with van der Waals surface area (Å²) in [6.07, 6.45) is 1.77. The number of hydrogen-bond acceptors (Lipinski definition) is 6. The molecule has 160 valence electrons. The summed E-state index contributed by atoms with van der Waals surface area (Å²) < 4.78 is 18.0. The number of hydrogen-bond donors (Lipinski definition) is 0. The molecule has 0 radical (unpaired) electrons. The van der Waals surface area contributed by atoms with Crippen LogP contribution in [0.25, 0.3) is 11.6 Å². The van der Waals surface area contributed by atoms with Crippen LogP contribution in [0.1, 0.15) is 16.7 Å². The Morgan fingerprint density at radius 1 is 1.09 bits per heavy atom. The highest BCUT2D eigenvalue weighted by Gasteiger charge is 2.15. The Hall–Kier alpha value is -3.35. The van der Waals surface area contributed by atoms with Gasteiger partial charge in [-0.15, -0.1) is 0 Å². The first-order chi connectivity index (χ1) is 15.4. The highest BCUT2D eigenvalue weighted by molar-refractivity contribution is 9.11. The fraction of sp³-hybridized carbons (Fsp3) is 0.0870. The molecule has 0 unspecified atom stereocenters. The van der Waals surface area contributed by atoms with E-state index in [-0.39, 0.29) is 19.1 Å². The minimum Gasteiger partial charge on any atom is -0.487 e. The average molecular weight is 558 g/mol. The molecule has 0 N–H and O–H groups in total. The third-order valence-electron chi connectivity index (χ3n) is 4.67. The van der Waals surface area contributed by atoms with Crippen molar-refractivity contribution in [2.45, 2.75) is 6.61 Å². The average Bonchev–Trinajstić information content (AvgIpc) is 3.25. The molecule has 3 aromatic carbocycles. The van der Waals surface area contributed by atoms with Crippen LogP contribution >= 0.6 is 31.9 Å². The first-order valence-electron chi connectivity index (χ1n) is 9.31. The number of ether oxygens (including phenoxy) is 3. The fourth-order valence-corrected chi connectivity index (χ4v) is 4.53. The van der Waals surface area contributed by atoms with Gasteiger partial charge in [-0.25, -0.2) is 0 Å². The molecule has 0 fully saturated rings. The summed E-state index contributed by atoms with van der Waals surface area (Å²) >= 11 is 7.04. The predicted molar refractivity (Wildman–Crippen MR) is 125 cm³/mol. The highest BCUT2D eigenvalue weighted by Crippen LogP contribution is 2.38. The van der Waals surface area contributed by atoms with Crippen molar-refractivity contribution in [3.05, 3.63) is 90.3 Å². The van der Waals surface area contributed by atoms with Crippen molar-refractivity contribution >= 4 is 49.2 Å². The van der Waals surface area contributed by atoms with Gasteiger partial charge >= 0.3 is 0 Å². The van der Waals surface area contributed by atoms with Crippen LogP contribution in [0.4, 0.5) is 5.69 Å². The first-order valence-corrected chi connectivity index (χ1v) is 10.9. The Balaban J connectivity index is 1.54. The molecule has 0 saturated carbocycles. The van der Waals surface area contributed by atoms with Gasteiger partial charge in [0.05, 0.1) is 25.5 Å². The molecule has 1 aliphatic rings. The van der Waals surface area contributed by atoms with Gasteiger partial charge in [0.2, 0.25) is 6.79 Å². The maximum atomic E-state index is 10.8. The summed E-state index contributed by atoms with van der Waals surface area (Å²) in [6, 6.07) is 17.5. The third kappa shape index (κ3) is 4.77. The molecule has 0 amide bonds. The van der Waals surface area contributed by atoms with Gasteiger partial charge in [0.15, 0.2) is 11.5 Å². The molecule has 32 heavy (non-hydrogen) atoms. The summed E-state index contributed by atoms with van der Waals surface area (Å²) in [5.41, 5.74) is 2.82. The fourth-order valence-electron chi connectivity index (χ4n) is 3.08. The number of rotatable bonds is 6. The normalized spacial score (nSPS) is 12.3. The van der Waals surface area contributed by atoms with Crippen LogP contribution in [0.5, 0.6) is 17.2 Å². The SMILES string of the molecule is N#C/C(=C/c1cc(Br)c(OCc2ccc([N+](=O)[O-])cc2)c(Br)c1)c1ccc2c(c1)OCO2. The van der Waals surface area contributed by atoms with E-state index in [0.29, 0.717) is 31.8 Å². The second-order valence-corrected chi connectivity index (χ2v) is 8.47. The number of benzene rings is 3. The van der Waals surface area contributed by atoms with Gasteiger partial charge in [-0.3, -0.25) is 10.1 Å². The number of nitriles is 1. The Bertz CT molecular complexity index is 1240. The smallest absolute Gasteiger partial charge is 0.269 e. The van der Waals surface area contributed by atoms with Crippen molar-refractivity contribution in [3.8, 4) is 23.3 Å². The van der Waals surface area contributed by atoms with Gasteiger partial charge in [-0.05, 0) is 97.1 Å². The number of fused-ring (bicyclic) bond motifs is 1. The van der Waals surface area contributed by atoms with E-state index < -0.39 is 4.92 Å². The molecule has 0 aromatic heterocycles. The van der Waals surface area contributed by atoms with Crippen LogP contribution in [0, 0.1) is 21.4 Å². The van der Waals surface area contributed by atoms with Gasteiger partial charge in [0.1, 0.15) is 12.4 Å². The Labute approximate surface area is 200 Å². The summed E-state index contributed by atoms with van der Waals surface area (Å²) in [5, 5.41) is 20.4. The van der Waals surface area contributed by atoms with E-state index in [1.54, 1.807) is 30.3 Å². The lowest BCUT2D eigenvalue weighted by atomic mass is 10.0. The summed E-state index contributed by atoms with van der Waals surface area (Å²) in [4.78, 5) is 10.3. The van der Waals surface area contributed by atoms with Crippen molar-refractivity contribution in [2.24, 2.45) is 0 Å². The second-order valence-electron chi connectivity index (χ2n) is 6.76. The molecule has 3 aromatic rings. The van der Waals surface area contributed by atoms with E-state index in [4.69, 9.17) is 14.2 Å². The molecule has 0 aliphatic carbocycles. The van der Waals surface area contributed by atoms with E-state index in [0.717, 1.165) is 16.7 Å². The van der Waals surface area contributed by atoms with Crippen LogP contribution in [0.15, 0.2) is 63.5 Å². The number of non-ortho nitro benzene ring substituents is 1. The molecule has 0 atom stereocenters. The quantitative estimate of drug-likeness (QED) is 0.149. The maximum absolute atomic E-state index is 10.8. The van der Waals surface area contributed by atoms with E-state index in [1.165, 1.54) is 12.1 Å². The minimum atomic E-state index is -0.441. The zero-order valence-electron chi connectivity index (χ0n) is 16.4. The number of nitro benzene ring substituents is 1. The Morgan fingerprint density at radius 3 is 2.44 bits per heavy atom. The van der Waals surface area contributed by atoms with E-state index in [9.17, 15) is 15.4 Å². The lowest BCUT2D eigenvalue weighted by molar-refractivity contribution is -0.384. The van der Waals surface area contributed by atoms with Crippen LogP contribution in [-0.2, 0) is 6.61 Å². The van der Waals surface area contributed by atoms with Crippen LogP contribution in [-0.4, -0.2) is 11.7 Å². The molecule has 1 aliphatic heterocycles. The van der Waals surface area contributed by atoms with Crippen molar-refractivity contribution in [2.75, 3.05) is 6.79 Å². The third-order valence-corrected chi connectivity index (χ3v) is 5.84. The number of allylic oxidation sites excluding steroid dienone is 1. The van der Waals surface area contributed by atoms with Crippen molar-refractivity contribution < 1.29 is 19.1 Å². The Morgan fingerprint density at radius 2 is 1.78 bits per heavy atom. The molecule has 0 spiro atoms. The second kappa shape index (κ2) is 9.42. The number of halogens is 2. The van der Waals surface area contributed by atoms with Gasteiger partial charge in [0, 0.05) is 12.1 Å². The van der Waals surface area contributed by atoms with E-state index >= 15 is 0 Å². The Kier molecular flexibility index (Phi) is 6.44. The maximum Gasteiger partial charge on any atom is 0.269 e.